The third-order valence-electron chi connectivity index (χ3n) is 6.43. The lowest BCUT2D eigenvalue weighted by Crippen LogP contribution is -2.22. The molecule has 0 fully saturated rings. The Labute approximate surface area is 223 Å². The molecule has 192 valence electrons. The number of aromatic amines is 1. The van der Waals surface area contributed by atoms with Crippen LogP contribution in [0.15, 0.2) is 97.5 Å². The summed E-state index contributed by atoms with van der Waals surface area (Å²) >= 11 is 0. The highest BCUT2D eigenvalue weighted by Crippen LogP contribution is 2.35. The van der Waals surface area contributed by atoms with Gasteiger partial charge in [-0.3, -0.25) is 4.79 Å². The number of nitrogens with one attached hydrogen (secondary N) is 2. The fourth-order valence-electron chi connectivity index (χ4n) is 4.42. The monoisotopic (exact) mass is 516 g/mol. The molecule has 0 aliphatic rings. The quantitative estimate of drug-likeness (QED) is 0.271. The van der Waals surface area contributed by atoms with Gasteiger partial charge in [-0.15, -0.1) is 0 Å². The summed E-state index contributed by atoms with van der Waals surface area (Å²) in [4.78, 5) is 25.0. The zero-order chi connectivity index (χ0) is 26.8. The molecule has 9 nitrogen and oxygen atoms in total. The molecule has 0 spiro atoms. The molecule has 1 amide bonds. The van der Waals surface area contributed by atoms with Crippen molar-refractivity contribution in [3.63, 3.8) is 0 Å². The van der Waals surface area contributed by atoms with Crippen molar-refractivity contribution in [3.05, 3.63) is 109 Å². The molecular formula is C30H24N6O3. The second kappa shape index (κ2) is 10.1. The van der Waals surface area contributed by atoms with E-state index in [1.807, 2.05) is 54.7 Å². The number of phenolic OH excluding ortho intramolecular Hbond substituents is 1. The molecule has 0 atom stereocenters. The predicted molar refractivity (Wildman–Crippen MR) is 148 cm³/mol. The zero-order valence-electron chi connectivity index (χ0n) is 21.0. The van der Waals surface area contributed by atoms with Crippen molar-refractivity contribution in [1.29, 1.82) is 0 Å². The van der Waals surface area contributed by atoms with Gasteiger partial charge in [-0.05, 0) is 71.8 Å². The van der Waals surface area contributed by atoms with Gasteiger partial charge >= 0.3 is 0 Å². The van der Waals surface area contributed by atoms with Gasteiger partial charge in [0.1, 0.15) is 11.6 Å². The number of aromatic hydroxyl groups is 1. The van der Waals surface area contributed by atoms with Gasteiger partial charge in [0.25, 0.3) is 5.91 Å². The van der Waals surface area contributed by atoms with Crippen LogP contribution in [0.1, 0.15) is 15.9 Å². The Morgan fingerprint density at radius 3 is 2.67 bits per heavy atom. The first-order valence-electron chi connectivity index (χ1n) is 12.3. The van der Waals surface area contributed by atoms with Gasteiger partial charge in [0.05, 0.1) is 29.4 Å². The molecule has 0 unspecified atom stereocenters. The first-order valence-corrected chi connectivity index (χ1v) is 12.3. The summed E-state index contributed by atoms with van der Waals surface area (Å²) in [5.41, 5.74) is 5.95. The van der Waals surface area contributed by atoms with E-state index in [1.165, 1.54) is 0 Å². The molecule has 0 aliphatic carbocycles. The summed E-state index contributed by atoms with van der Waals surface area (Å²) in [6.07, 6.45) is 5.27. The van der Waals surface area contributed by atoms with Crippen LogP contribution in [-0.4, -0.2) is 42.9 Å². The maximum absolute atomic E-state index is 12.9. The van der Waals surface area contributed by atoms with Crippen LogP contribution in [0.4, 0.5) is 0 Å². The molecule has 6 rings (SSSR count). The first kappa shape index (κ1) is 23.9. The van der Waals surface area contributed by atoms with Crippen molar-refractivity contribution >= 4 is 16.9 Å². The van der Waals surface area contributed by atoms with Crippen LogP contribution in [0.2, 0.25) is 0 Å². The minimum Gasteiger partial charge on any atom is -0.507 e. The zero-order valence-corrected chi connectivity index (χ0v) is 21.0. The van der Waals surface area contributed by atoms with Crippen LogP contribution in [0.3, 0.4) is 0 Å². The summed E-state index contributed by atoms with van der Waals surface area (Å²) in [5.74, 6) is 0.861. The fraction of sp³-hybridized carbons (Fsp3) is 0.0667. The van der Waals surface area contributed by atoms with Gasteiger partial charge < -0.3 is 20.1 Å². The predicted octanol–water partition coefficient (Wildman–Crippen LogP) is 5.12. The second-order valence-electron chi connectivity index (χ2n) is 8.91. The Kier molecular flexibility index (Phi) is 6.22. The van der Waals surface area contributed by atoms with E-state index >= 15 is 0 Å². The van der Waals surface area contributed by atoms with E-state index in [1.54, 1.807) is 54.5 Å². The molecule has 0 radical (unpaired) electrons. The van der Waals surface area contributed by atoms with Crippen LogP contribution in [-0.2, 0) is 6.54 Å². The molecule has 6 aromatic rings. The Bertz CT molecular complexity index is 1780. The van der Waals surface area contributed by atoms with E-state index < -0.39 is 0 Å². The highest BCUT2D eigenvalue weighted by Gasteiger charge is 2.15. The van der Waals surface area contributed by atoms with Crippen LogP contribution in [0.25, 0.3) is 39.2 Å². The summed E-state index contributed by atoms with van der Waals surface area (Å²) in [7, 11) is 1.57. The number of hydrogen-bond donors (Lipinski definition) is 3. The van der Waals surface area contributed by atoms with E-state index in [9.17, 15) is 9.90 Å². The van der Waals surface area contributed by atoms with Crippen molar-refractivity contribution < 1.29 is 14.6 Å². The van der Waals surface area contributed by atoms with Crippen LogP contribution < -0.4 is 10.1 Å². The number of imidazole rings is 1. The summed E-state index contributed by atoms with van der Waals surface area (Å²) in [5, 5.41) is 17.8. The molecule has 0 saturated carbocycles. The van der Waals surface area contributed by atoms with E-state index in [-0.39, 0.29) is 11.7 Å². The molecule has 3 N–H and O–H groups in total. The lowest BCUT2D eigenvalue weighted by atomic mass is 10.0. The number of nitrogens with zero attached hydrogens (tertiary/aromatic N) is 4. The number of rotatable bonds is 7. The van der Waals surface area contributed by atoms with Gasteiger partial charge in [0.2, 0.25) is 5.88 Å². The van der Waals surface area contributed by atoms with Crippen LogP contribution in [0.5, 0.6) is 11.6 Å². The fourth-order valence-corrected chi connectivity index (χ4v) is 4.42. The smallest absolute Gasteiger partial charge is 0.251 e. The minimum absolute atomic E-state index is 0.0807. The number of ether oxygens (including phenoxy) is 1. The normalized spacial score (nSPS) is 11.0. The van der Waals surface area contributed by atoms with Crippen molar-refractivity contribution in [2.24, 2.45) is 0 Å². The number of fused-ring (bicyclic) bond motifs is 1. The number of benzene rings is 3. The average Bonchev–Trinajstić information content (AvgIpc) is 3.67. The van der Waals surface area contributed by atoms with Crippen LogP contribution >= 0.6 is 0 Å². The van der Waals surface area contributed by atoms with Crippen molar-refractivity contribution in [2.75, 3.05) is 7.11 Å². The second-order valence-corrected chi connectivity index (χ2v) is 8.91. The maximum atomic E-state index is 12.9. The van der Waals surface area contributed by atoms with Crippen molar-refractivity contribution in [2.45, 2.75) is 6.54 Å². The lowest BCUT2D eigenvalue weighted by Gasteiger charge is -2.09. The molecule has 39 heavy (non-hydrogen) atoms. The van der Waals surface area contributed by atoms with Gasteiger partial charge in [-0.1, -0.05) is 18.2 Å². The molecule has 0 bridgehead atoms. The largest absolute Gasteiger partial charge is 0.507 e. The summed E-state index contributed by atoms with van der Waals surface area (Å²) < 4.78 is 7.17. The Morgan fingerprint density at radius 1 is 1.00 bits per heavy atom. The third-order valence-corrected chi connectivity index (χ3v) is 6.43. The number of carbonyl (C=O) groups is 1. The standard InChI is InChI=1S/C30H24N6O3/c1-39-30-23(4-2-13-31-30)20-8-12-27(37)24(16-20)28-34-25-11-7-21(17-26(25)35-28)29(38)32-18-19-5-9-22(10-6-19)36-15-3-14-33-36/h2-17,37H,18H2,1H3,(H,32,38)(H,34,35). The Hall–Kier alpha value is -5.44. The number of H-pyrrole nitrogens is 1. The van der Waals surface area contributed by atoms with Gasteiger partial charge in [0, 0.05) is 36.3 Å². The number of amides is 1. The molecule has 3 aromatic heterocycles. The first-order chi connectivity index (χ1) is 19.1. The van der Waals surface area contributed by atoms with E-state index in [0.29, 0.717) is 40.4 Å². The van der Waals surface area contributed by atoms with Crippen molar-refractivity contribution in [1.82, 2.24) is 30.0 Å². The van der Waals surface area contributed by atoms with Gasteiger partial charge in [-0.2, -0.15) is 5.10 Å². The maximum Gasteiger partial charge on any atom is 0.251 e. The Balaban J connectivity index is 1.21. The number of carbonyl (C=O) groups excluding carboxylic acids is 1. The summed E-state index contributed by atoms with van der Waals surface area (Å²) in [6, 6.07) is 24.0. The SMILES string of the molecule is COc1ncccc1-c1ccc(O)c(-c2nc3ccc(C(=O)NCc4ccc(-n5cccn5)cc4)cc3[nH]2)c1. The highest BCUT2D eigenvalue weighted by atomic mass is 16.5. The molecule has 3 aromatic carbocycles. The molecule has 0 aliphatic heterocycles. The highest BCUT2D eigenvalue weighted by molar-refractivity contribution is 5.97. The summed E-state index contributed by atoms with van der Waals surface area (Å²) in [6.45, 7) is 0.392. The number of hydrogen-bond acceptors (Lipinski definition) is 6. The number of methoxy groups -OCH3 is 1. The van der Waals surface area contributed by atoms with Gasteiger partial charge in [0.15, 0.2) is 0 Å². The average molecular weight is 517 g/mol. The number of aromatic nitrogens is 5. The minimum atomic E-state index is -0.197. The topological polar surface area (TPSA) is 118 Å². The molecular weight excluding hydrogens is 492 g/mol. The lowest BCUT2D eigenvalue weighted by molar-refractivity contribution is 0.0951. The Morgan fingerprint density at radius 2 is 1.87 bits per heavy atom. The van der Waals surface area contributed by atoms with Crippen LogP contribution in [0, 0.1) is 0 Å². The third kappa shape index (κ3) is 4.80. The van der Waals surface area contributed by atoms with E-state index in [2.05, 4.69) is 25.4 Å². The van der Waals surface area contributed by atoms with E-state index in [4.69, 9.17) is 4.74 Å². The number of phenols is 1. The number of pyridine rings is 1. The molecule has 9 heteroatoms. The van der Waals surface area contributed by atoms with Crippen molar-refractivity contribution in [3.8, 4) is 39.8 Å². The van der Waals surface area contributed by atoms with E-state index in [0.717, 1.165) is 22.4 Å². The molecule has 0 saturated heterocycles. The molecule has 3 heterocycles. The van der Waals surface area contributed by atoms with Gasteiger partial charge in [-0.25, -0.2) is 14.6 Å².